The maximum Gasteiger partial charge on any atom is 0.0929 e. The van der Waals surface area contributed by atoms with E-state index in [4.69, 9.17) is 28.3 Å². The highest BCUT2D eigenvalue weighted by atomic mass is 35.5. The molecule has 17 heavy (non-hydrogen) atoms. The Labute approximate surface area is 110 Å². The molecule has 1 aromatic carbocycles. The summed E-state index contributed by atoms with van der Waals surface area (Å²) in [6.07, 6.45) is 0.616. The number of rotatable bonds is 4. The summed E-state index contributed by atoms with van der Waals surface area (Å²) in [4.78, 5) is 0. The Bertz CT molecular complexity index is 394. The Kier molecular flexibility index (Phi) is 4.28. The average Bonchev–Trinajstić information content (AvgIpc) is 2.26. The van der Waals surface area contributed by atoms with Crippen molar-refractivity contribution in [1.82, 2.24) is 5.32 Å². The summed E-state index contributed by atoms with van der Waals surface area (Å²) >= 11 is 11.8. The van der Waals surface area contributed by atoms with E-state index in [1.54, 1.807) is 18.2 Å². The molecule has 0 saturated heterocycles. The molecule has 1 aliphatic carbocycles. The van der Waals surface area contributed by atoms with Crippen LogP contribution in [-0.2, 0) is 0 Å². The number of hydrogen-bond donors (Lipinski definition) is 3. The summed E-state index contributed by atoms with van der Waals surface area (Å²) in [5.41, 5.74) is 0.631. The van der Waals surface area contributed by atoms with E-state index in [-0.39, 0.29) is 12.1 Å². The lowest BCUT2D eigenvalue weighted by atomic mass is 9.89. The van der Waals surface area contributed by atoms with Crippen LogP contribution in [0.3, 0.4) is 0 Å². The molecule has 0 amide bonds. The normalized spacial score (nSPS) is 25.4. The Morgan fingerprint density at radius 3 is 2.71 bits per heavy atom. The summed E-state index contributed by atoms with van der Waals surface area (Å²) in [5, 5.41) is 23.4. The van der Waals surface area contributed by atoms with Gasteiger partial charge in [0, 0.05) is 28.2 Å². The SMILES string of the molecule is OC1CC(NCC(O)c2cc(Cl)ccc2Cl)C1. The zero-order valence-corrected chi connectivity index (χ0v) is 10.7. The van der Waals surface area contributed by atoms with E-state index < -0.39 is 6.10 Å². The second-order valence-electron chi connectivity index (χ2n) is 4.41. The minimum Gasteiger partial charge on any atom is -0.393 e. The molecular weight excluding hydrogens is 261 g/mol. The lowest BCUT2D eigenvalue weighted by Crippen LogP contribution is -2.45. The van der Waals surface area contributed by atoms with Crippen LogP contribution >= 0.6 is 23.2 Å². The molecule has 1 fully saturated rings. The van der Waals surface area contributed by atoms with Crippen molar-refractivity contribution in [3.8, 4) is 0 Å². The van der Waals surface area contributed by atoms with Crippen LogP contribution in [0.1, 0.15) is 24.5 Å². The lowest BCUT2D eigenvalue weighted by Gasteiger charge is -2.33. The lowest BCUT2D eigenvalue weighted by molar-refractivity contribution is 0.0551. The van der Waals surface area contributed by atoms with E-state index in [0.717, 1.165) is 12.8 Å². The van der Waals surface area contributed by atoms with Gasteiger partial charge in [-0.15, -0.1) is 0 Å². The molecule has 1 aromatic rings. The van der Waals surface area contributed by atoms with Crippen molar-refractivity contribution in [2.75, 3.05) is 6.54 Å². The standard InChI is InChI=1S/C12H15Cl2NO2/c13-7-1-2-11(14)10(3-7)12(17)6-15-8-4-9(16)5-8/h1-3,8-9,12,15-17H,4-6H2. The second kappa shape index (κ2) is 5.55. The van der Waals surface area contributed by atoms with Gasteiger partial charge in [0.05, 0.1) is 12.2 Å². The maximum atomic E-state index is 9.99. The van der Waals surface area contributed by atoms with Crippen LogP contribution < -0.4 is 5.32 Å². The van der Waals surface area contributed by atoms with Gasteiger partial charge in [0.15, 0.2) is 0 Å². The van der Waals surface area contributed by atoms with Gasteiger partial charge in [-0.25, -0.2) is 0 Å². The largest absolute Gasteiger partial charge is 0.393 e. The van der Waals surface area contributed by atoms with E-state index in [2.05, 4.69) is 5.32 Å². The summed E-state index contributed by atoms with van der Waals surface area (Å²) in [5.74, 6) is 0. The zero-order valence-electron chi connectivity index (χ0n) is 9.24. The molecule has 94 valence electrons. The van der Waals surface area contributed by atoms with E-state index >= 15 is 0 Å². The fourth-order valence-corrected chi connectivity index (χ4v) is 2.34. The molecule has 0 spiro atoms. The van der Waals surface area contributed by atoms with E-state index in [1.807, 2.05) is 0 Å². The molecular formula is C12H15Cl2NO2. The molecule has 3 N–H and O–H groups in total. The smallest absolute Gasteiger partial charge is 0.0929 e. The van der Waals surface area contributed by atoms with Gasteiger partial charge < -0.3 is 15.5 Å². The predicted molar refractivity (Wildman–Crippen MR) is 68.5 cm³/mol. The van der Waals surface area contributed by atoms with Crippen LogP contribution in [-0.4, -0.2) is 28.9 Å². The first kappa shape index (κ1) is 13.1. The highest BCUT2D eigenvalue weighted by Gasteiger charge is 2.27. The minimum atomic E-state index is -0.682. The molecule has 1 atom stereocenters. The molecule has 0 aliphatic heterocycles. The quantitative estimate of drug-likeness (QED) is 0.789. The van der Waals surface area contributed by atoms with Crippen LogP contribution in [0.4, 0.5) is 0 Å². The zero-order chi connectivity index (χ0) is 12.4. The molecule has 2 rings (SSSR count). The Morgan fingerprint density at radius 1 is 1.35 bits per heavy atom. The molecule has 1 saturated carbocycles. The van der Waals surface area contributed by atoms with Crippen LogP contribution in [0.5, 0.6) is 0 Å². The second-order valence-corrected chi connectivity index (χ2v) is 5.26. The van der Waals surface area contributed by atoms with Gasteiger partial charge in [0.1, 0.15) is 0 Å². The number of nitrogens with one attached hydrogen (secondary N) is 1. The van der Waals surface area contributed by atoms with Gasteiger partial charge in [-0.2, -0.15) is 0 Å². The van der Waals surface area contributed by atoms with Crippen molar-refractivity contribution in [2.24, 2.45) is 0 Å². The van der Waals surface area contributed by atoms with E-state index in [9.17, 15) is 5.11 Å². The first-order chi connectivity index (χ1) is 8.06. The molecule has 5 heteroatoms. The predicted octanol–water partition coefficient (Wildman–Crippen LogP) is 2.14. The fourth-order valence-electron chi connectivity index (χ4n) is 1.91. The van der Waals surface area contributed by atoms with Gasteiger partial charge >= 0.3 is 0 Å². The number of halogens is 2. The summed E-state index contributed by atoms with van der Waals surface area (Å²) in [7, 11) is 0. The number of aliphatic hydroxyl groups is 2. The van der Waals surface area contributed by atoms with Crippen LogP contribution in [0.2, 0.25) is 10.0 Å². The molecule has 1 unspecified atom stereocenters. The van der Waals surface area contributed by atoms with Crippen molar-refractivity contribution in [1.29, 1.82) is 0 Å². The first-order valence-corrected chi connectivity index (χ1v) is 6.36. The van der Waals surface area contributed by atoms with E-state index in [1.165, 1.54) is 0 Å². The molecule has 3 nitrogen and oxygen atoms in total. The van der Waals surface area contributed by atoms with Gasteiger partial charge in [-0.1, -0.05) is 23.2 Å². The third kappa shape index (κ3) is 3.33. The average molecular weight is 276 g/mol. The summed E-state index contributed by atoms with van der Waals surface area (Å²) < 4.78 is 0. The number of aliphatic hydroxyl groups excluding tert-OH is 2. The summed E-state index contributed by atoms with van der Waals surface area (Å²) in [6, 6.07) is 5.33. The number of benzene rings is 1. The van der Waals surface area contributed by atoms with E-state index in [0.29, 0.717) is 22.2 Å². The van der Waals surface area contributed by atoms with Crippen molar-refractivity contribution < 1.29 is 10.2 Å². The Balaban J connectivity index is 1.90. The molecule has 1 aliphatic rings. The third-order valence-corrected chi connectivity index (χ3v) is 3.61. The van der Waals surface area contributed by atoms with Gasteiger partial charge in [0.25, 0.3) is 0 Å². The first-order valence-electron chi connectivity index (χ1n) is 5.60. The van der Waals surface area contributed by atoms with Crippen molar-refractivity contribution in [2.45, 2.75) is 31.1 Å². The fraction of sp³-hybridized carbons (Fsp3) is 0.500. The maximum absolute atomic E-state index is 9.99. The topological polar surface area (TPSA) is 52.5 Å². The minimum absolute atomic E-state index is 0.195. The molecule has 0 radical (unpaired) electrons. The van der Waals surface area contributed by atoms with Crippen LogP contribution in [0.25, 0.3) is 0 Å². The Hall–Kier alpha value is -0.320. The molecule has 0 aromatic heterocycles. The summed E-state index contributed by atoms with van der Waals surface area (Å²) in [6.45, 7) is 0.414. The van der Waals surface area contributed by atoms with Crippen LogP contribution in [0.15, 0.2) is 18.2 Å². The highest BCUT2D eigenvalue weighted by Crippen LogP contribution is 2.27. The monoisotopic (exact) mass is 275 g/mol. The van der Waals surface area contributed by atoms with Gasteiger partial charge in [0.2, 0.25) is 0 Å². The van der Waals surface area contributed by atoms with Crippen molar-refractivity contribution in [3.05, 3.63) is 33.8 Å². The Morgan fingerprint density at radius 2 is 2.06 bits per heavy atom. The van der Waals surface area contributed by atoms with Crippen molar-refractivity contribution in [3.63, 3.8) is 0 Å². The third-order valence-electron chi connectivity index (χ3n) is 3.03. The molecule has 0 bridgehead atoms. The van der Waals surface area contributed by atoms with Gasteiger partial charge in [-0.05, 0) is 31.0 Å². The number of hydrogen-bond acceptors (Lipinski definition) is 3. The van der Waals surface area contributed by atoms with Crippen molar-refractivity contribution >= 4 is 23.2 Å². The van der Waals surface area contributed by atoms with Gasteiger partial charge in [-0.3, -0.25) is 0 Å². The highest BCUT2D eigenvalue weighted by molar-refractivity contribution is 6.33. The molecule has 0 heterocycles. The van der Waals surface area contributed by atoms with Crippen LogP contribution in [0, 0.1) is 0 Å².